The van der Waals surface area contributed by atoms with Gasteiger partial charge in [0, 0.05) is 32.9 Å². The number of amides is 1. The van der Waals surface area contributed by atoms with E-state index in [-0.39, 0.29) is 23.3 Å². The van der Waals surface area contributed by atoms with Crippen LogP contribution in [0.3, 0.4) is 0 Å². The van der Waals surface area contributed by atoms with Crippen LogP contribution in [0.15, 0.2) is 28.0 Å². The van der Waals surface area contributed by atoms with Crippen molar-refractivity contribution in [2.45, 2.75) is 37.8 Å². The number of carbonyl (C=O) groups excluding carboxylic acids is 1. The summed E-state index contributed by atoms with van der Waals surface area (Å²) in [6, 6.07) is 0. The Kier molecular flexibility index (Phi) is 6.02. The minimum Gasteiger partial charge on any atom is -0.350 e. The molecule has 0 radical (unpaired) electrons. The Labute approximate surface area is 166 Å². The van der Waals surface area contributed by atoms with Crippen molar-refractivity contribution in [2.24, 2.45) is 13.0 Å². The molecule has 3 rings (SSSR count). The first-order valence-corrected chi connectivity index (χ1v) is 11.0. The van der Waals surface area contributed by atoms with Crippen LogP contribution in [0.25, 0.3) is 0 Å². The summed E-state index contributed by atoms with van der Waals surface area (Å²) in [6.07, 6.45) is 5.83. The minimum atomic E-state index is -3.63. The van der Waals surface area contributed by atoms with Gasteiger partial charge in [-0.15, -0.1) is 0 Å². The van der Waals surface area contributed by atoms with Crippen LogP contribution in [0.4, 0.5) is 0 Å². The van der Waals surface area contributed by atoms with E-state index >= 15 is 0 Å². The molecule has 1 amide bonds. The third kappa shape index (κ3) is 4.25. The molecular weight excluding hydrogens is 436 g/mol. The lowest BCUT2D eigenvalue weighted by Crippen LogP contribution is -2.45. The van der Waals surface area contributed by atoms with Crippen LogP contribution < -0.4 is 5.32 Å². The standard InChI is InChI=1S/C16H23BrN6O3S/c1-3-23-15(14(17)8-20-23)9-18-16(24)12-5-4-6-22(10-12)27(25,26)13-7-19-21(2)11-13/h7-8,11-12H,3-6,9-10H2,1-2H3,(H,18,24)/t12-/m1/s1. The fraction of sp³-hybridized carbons (Fsp3) is 0.562. The van der Waals surface area contributed by atoms with Crippen LogP contribution in [0.2, 0.25) is 0 Å². The van der Waals surface area contributed by atoms with Gasteiger partial charge in [-0.2, -0.15) is 14.5 Å². The molecule has 0 spiro atoms. The number of hydrogen-bond acceptors (Lipinski definition) is 5. The maximum atomic E-state index is 12.8. The molecule has 1 atom stereocenters. The molecule has 1 aliphatic heterocycles. The Balaban J connectivity index is 1.65. The van der Waals surface area contributed by atoms with Gasteiger partial charge in [-0.25, -0.2) is 8.42 Å². The average molecular weight is 459 g/mol. The fourth-order valence-electron chi connectivity index (χ4n) is 3.21. The Bertz CT molecular complexity index is 922. The summed E-state index contributed by atoms with van der Waals surface area (Å²) >= 11 is 3.44. The van der Waals surface area contributed by atoms with Gasteiger partial charge in [-0.3, -0.25) is 14.2 Å². The summed E-state index contributed by atoms with van der Waals surface area (Å²) in [5.74, 6) is -0.515. The number of nitrogens with one attached hydrogen (secondary N) is 1. The quantitative estimate of drug-likeness (QED) is 0.698. The van der Waals surface area contributed by atoms with Crippen LogP contribution in [-0.2, 0) is 35.0 Å². The van der Waals surface area contributed by atoms with Crippen molar-refractivity contribution >= 4 is 31.9 Å². The number of aromatic nitrogens is 4. The van der Waals surface area contributed by atoms with Gasteiger partial charge in [0.1, 0.15) is 4.90 Å². The number of aryl methyl sites for hydroxylation is 2. The summed E-state index contributed by atoms with van der Waals surface area (Å²) in [7, 11) is -1.96. The second-order valence-electron chi connectivity index (χ2n) is 6.52. The SMILES string of the molecule is CCn1ncc(Br)c1CNC(=O)[C@@H]1CCCN(S(=O)(=O)c2cnn(C)c2)C1. The number of piperidine rings is 1. The Hall–Kier alpha value is -1.72. The monoisotopic (exact) mass is 458 g/mol. The van der Waals surface area contributed by atoms with E-state index in [0.29, 0.717) is 32.5 Å². The molecule has 27 heavy (non-hydrogen) atoms. The highest BCUT2D eigenvalue weighted by molar-refractivity contribution is 9.10. The summed E-state index contributed by atoms with van der Waals surface area (Å²) in [5, 5.41) is 11.1. The summed E-state index contributed by atoms with van der Waals surface area (Å²) in [5.41, 5.74) is 0.890. The van der Waals surface area contributed by atoms with Crippen LogP contribution in [0, 0.1) is 5.92 Å². The lowest BCUT2D eigenvalue weighted by atomic mass is 9.99. The van der Waals surface area contributed by atoms with E-state index in [4.69, 9.17) is 0 Å². The molecule has 1 N–H and O–H groups in total. The predicted octanol–water partition coefficient (Wildman–Crippen LogP) is 1.12. The molecule has 0 bridgehead atoms. The maximum Gasteiger partial charge on any atom is 0.246 e. The van der Waals surface area contributed by atoms with Crippen molar-refractivity contribution < 1.29 is 13.2 Å². The van der Waals surface area contributed by atoms with E-state index in [2.05, 4.69) is 31.4 Å². The Morgan fingerprint density at radius 3 is 2.81 bits per heavy atom. The molecule has 11 heteroatoms. The normalized spacial score (nSPS) is 18.6. The van der Waals surface area contributed by atoms with Gasteiger partial charge in [0.15, 0.2) is 0 Å². The van der Waals surface area contributed by atoms with E-state index in [1.165, 1.54) is 21.4 Å². The van der Waals surface area contributed by atoms with Crippen molar-refractivity contribution in [3.05, 3.63) is 28.8 Å². The largest absolute Gasteiger partial charge is 0.350 e. The van der Waals surface area contributed by atoms with E-state index < -0.39 is 10.0 Å². The van der Waals surface area contributed by atoms with Crippen molar-refractivity contribution in [3.8, 4) is 0 Å². The van der Waals surface area contributed by atoms with Crippen molar-refractivity contribution in [3.63, 3.8) is 0 Å². The smallest absolute Gasteiger partial charge is 0.246 e. The second kappa shape index (κ2) is 8.11. The Morgan fingerprint density at radius 1 is 1.37 bits per heavy atom. The first kappa shape index (κ1) is 20.0. The van der Waals surface area contributed by atoms with Gasteiger partial charge in [0.2, 0.25) is 15.9 Å². The van der Waals surface area contributed by atoms with Gasteiger partial charge in [0.25, 0.3) is 0 Å². The van der Waals surface area contributed by atoms with Crippen LogP contribution in [-0.4, -0.2) is 51.3 Å². The molecule has 2 aromatic rings. The van der Waals surface area contributed by atoms with Gasteiger partial charge < -0.3 is 5.32 Å². The molecular formula is C16H23BrN6O3S. The molecule has 1 fully saturated rings. The highest BCUT2D eigenvalue weighted by Crippen LogP contribution is 2.24. The highest BCUT2D eigenvalue weighted by atomic mass is 79.9. The zero-order valence-electron chi connectivity index (χ0n) is 15.3. The third-order valence-corrected chi connectivity index (χ3v) is 7.18. The zero-order chi connectivity index (χ0) is 19.6. The lowest BCUT2D eigenvalue weighted by molar-refractivity contribution is -0.126. The zero-order valence-corrected chi connectivity index (χ0v) is 17.7. The third-order valence-electron chi connectivity index (χ3n) is 4.70. The first-order valence-electron chi connectivity index (χ1n) is 8.79. The number of rotatable bonds is 6. The summed E-state index contributed by atoms with van der Waals surface area (Å²) < 4.78 is 31.0. The van der Waals surface area contributed by atoms with E-state index in [9.17, 15) is 13.2 Å². The van der Waals surface area contributed by atoms with Gasteiger partial charge >= 0.3 is 0 Å². The number of hydrogen-bond donors (Lipinski definition) is 1. The molecule has 0 unspecified atom stereocenters. The van der Waals surface area contributed by atoms with Gasteiger partial charge in [-0.05, 0) is 35.7 Å². The van der Waals surface area contributed by atoms with Crippen molar-refractivity contribution in [2.75, 3.05) is 13.1 Å². The minimum absolute atomic E-state index is 0.142. The number of sulfonamides is 1. The Morgan fingerprint density at radius 2 is 2.15 bits per heavy atom. The van der Waals surface area contributed by atoms with Crippen molar-refractivity contribution in [1.29, 1.82) is 0 Å². The van der Waals surface area contributed by atoms with Crippen molar-refractivity contribution in [1.82, 2.24) is 29.2 Å². The fourth-order valence-corrected chi connectivity index (χ4v) is 5.15. The topological polar surface area (TPSA) is 102 Å². The number of halogens is 1. The van der Waals surface area contributed by atoms with E-state index in [1.54, 1.807) is 13.2 Å². The molecule has 2 aromatic heterocycles. The maximum absolute atomic E-state index is 12.8. The summed E-state index contributed by atoms with van der Waals surface area (Å²) in [4.78, 5) is 12.8. The molecule has 3 heterocycles. The average Bonchev–Trinajstić information content (AvgIpc) is 3.25. The molecule has 148 valence electrons. The van der Waals surface area contributed by atoms with Crippen LogP contribution >= 0.6 is 15.9 Å². The van der Waals surface area contributed by atoms with E-state index in [0.717, 1.165) is 10.2 Å². The molecule has 1 saturated heterocycles. The molecule has 0 aromatic carbocycles. The van der Waals surface area contributed by atoms with Crippen LogP contribution in [0.5, 0.6) is 0 Å². The molecule has 0 saturated carbocycles. The first-order chi connectivity index (χ1) is 12.8. The second-order valence-corrected chi connectivity index (χ2v) is 9.32. The van der Waals surface area contributed by atoms with Gasteiger partial charge in [-0.1, -0.05) is 0 Å². The lowest BCUT2D eigenvalue weighted by Gasteiger charge is -2.30. The molecule has 1 aliphatic rings. The van der Waals surface area contributed by atoms with Gasteiger partial charge in [0.05, 0.1) is 35.0 Å². The number of nitrogens with zero attached hydrogens (tertiary/aromatic N) is 5. The van der Waals surface area contributed by atoms with Crippen LogP contribution in [0.1, 0.15) is 25.5 Å². The number of carbonyl (C=O) groups is 1. The summed E-state index contributed by atoms with van der Waals surface area (Å²) in [6.45, 7) is 3.62. The van der Waals surface area contributed by atoms with E-state index in [1.807, 2.05) is 11.6 Å². The predicted molar refractivity (Wildman–Crippen MR) is 102 cm³/mol. The highest BCUT2D eigenvalue weighted by Gasteiger charge is 2.34. The molecule has 0 aliphatic carbocycles. The molecule has 9 nitrogen and oxygen atoms in total.